The lowest BCUT2D eigenvalue weighted by molar-refractivity contribution is 0.0124. The molecule has 1 atom stereocenters. The van der Waals surface area contributed by atoms with Gasteiger partial charge in [-0.1, -0.05) is 19.9 Å². The first kappa shape index (κ1) is 18.4. The Morgan fingerprint density at radius 3 is 2.60 bits per heavy atom. The normalized spacial score (nSPS) is 19.5. The Morgan fingerprint density at radius 2 is 1.88 bits per heavy atom. The fourth-order valence-electron chi connectivity index (χ4n) is 4.04. The van der Waals surface area contributed by atoms with Crippen molar-refractivity contribution in [3.05, 3.63) is 34.9 Å². The van der Waals surface area contributed by atoms with Crippen molar-refractivity contribution in [1.29, 1.82) is 0 Å². The molecule has 1 heterocycles. The SMILES string of the molecule is CC(C)CC(CNC(=O)c1ccc2c(c1)CCCC2)N1CCOCC1. The summed E-state index contributed by atoms with van der Waals surface area (Å²) in [6.45, 7) is 8.74. The summed E-state index contributed by atoms with van der Waals surface area (Å²) in [5.74, 6) is 0.684. The van der Waals surface area contributed by atoms with Crippen molar-refractivity contribution in [2.24, 2.45) is 5.92 Å². The molecule has 3 rings (SSSR count). The van der Waals surface area contributed by atoms with Crippen molar-refractivity contribution in [3.8, 4) is 0 Å². The second-order valence-electron chi connectivity index (χ2n) is 7.83. The van der Waals surface area contributed by atoms with E-state index in [2.05, 4.69) is 36.2 Å². The van der Waals surface area contributed by atoms with E-state index >= 15 is 0 Å². The number of nitrogens with one attached hydrogen (secondary N) is 1. The van der Waals surface area contributed by atoms with Crippen LogP contribution in [0.4, 0.5) is 0 Å². The number of hydrogen-bond donors (Lipinski definition) is 1. The van der Waals surface area contributed by atoms with Gasteiger partial charge in [0.1, 0.15) is 0 Å². The quantitative estimate of drug-likeness (QED) is 0.862. The van der Waals surface area contributed by atoms with E-state index in [0.29, 0.717) is 18.5 Å². The van der Waals surface area contributed by atoms with Crippen molar-refractivity contribution >= 4 is 5.91 Å². The van der Waals surface area contributed by atoms with Gasteiger partial charge in [0, 0.05) is 31.2 Å². The zero-order valence-electron chi connectivity index (χ0n) is 15.7. The molecule has 1 aromatic carbocycles. The van der Waals surface area contributed by atoms with E-state index < -0.39 is 0 Å². The first-order valence-corrected chi connectivity index (χ1v) is 9.85. The Labute approximate surface area is 151 Å². The second kappa shape index (κ2) is 8.81. The number of amides is 1. The van der Waals surface area contributed by atoms with E-state index in [1.165, 1.54) is 24.0 Å². The van der Waals surface area contributed by atoms with E-state index in [1.807, 2.05) is 6.07 Å². The van der Waals surface area contributed by atoms with Crippen LogP contribution in [0.15, 0.2) is 18.2 Å². The molecule has 0 aromatic heterocycles. The molecular formula is C21H32N2O2. The highest BCUT2D eigenvalue weighted by molar-refractivity contribution is 5.94. The standard InChI is InChI=1S/C21H32N2O2/c1-16(2)13-20(23-9-11-25-12-10-23)15-22-21(24)19-8-7-17-5-3-4-6-18(17)14-19/h7-8,14,16,20H,3-6,9-13,15H2,1-2H3,(H,22,24). The van der Waals surface area contributed by atoms with E-state index in [4.69, 9.17) is 4.74 Å². The number of hydrogen-bond acceptors (Lipinski definition) is 3. The molecular weight excluding hydrogens is 312 g/mol. The molecule has 0 bridgehead atoms. The van der Waals surface area contributed by atoms with Crippen LogP contribution in [0.25, 0.3) is 0 Å². The number of carbonyl (C=O) groups is 1. The van der Waals surface area contributed by atoms with Gasteiger partial charge >= 0.3 is 0 Å². The number of aryl methyl sites for hydroxylation is 2. The number of morpholine rings is 1. The van der Waals surface area contributed by atoms with Gasteiger partial charge < -0.3 is 10.1 Å². The highest BCUT2D eigenvalue weighted by atomic mass is 16.5. The average molecular weight is 344 g/mol. The summed E-state index contributed by atoms with van der Waals surface area (Å²) in [6, 6.07) is 6.64. The molecule has 0 saturated carbocycles. The second-order valence-corrected chi connectivity index (χ2v) is 7.83. The Kier molecular flexibility index (Phi) is 6.49. The molecule has 0 spiro atoms. The van der Waals surface area contributed by atoms with Crippen LogP contribution in [-0.2, 0) is 17.6 Å². The van der Waals surface area contributed by atoms with Crippen molar-refractivity contribution in [1.82, 2.24) is 10.2 Å². The molecule has 1 amide bonds. The monoisotopic (exact) mass is 344 g/mol. The first-order chi connectivity index (χ1) is 12.1. The van der Waals surface area contributed by atoms with Crippen molar-refractivity contribution in [2.45, 2.75) is 52.0 Å². The highest BCUT2D eigenvalue weighted by Crippen LogP contribution is 2.22. The van der Waals surface area contributed by atoms with Crippen LogP contribution in [0.5, 0.6) is 0 Å². The van der Waals surface area contributed by atoms with E-state index in [9.17, 15) is 4.79 Å². The molecule has 1 aromatic rings. The zero-order chi connectivity index (χ0) is 17.6. The molecule has 4 nitrogen and oxygen atoms in total. The Balaban J connectivity index is 1.60. The predicted octanol–water partition coefficient (Wildman–Crippen LogP) is 3.04. The predicted molar refractivity (Wildman–Crippen MR) is 101 cm³/mol. The molecule has 4 heteroatoms. The number of carbonyl (C=O) groups excluding carboxylic acids is 1. The van der Waals surface area contributed by atoms with Crippen LogP contribution >= 0.6 is 0 Å². The molecule has 1 fully saturated rings. The highest BCUT2D eigenvalue weighted by Gasteiger charge is 2.23. The molecule has 2 aliphatic rings. The molecule has 1 aliphatic heterocycles. The maximum atomic E-state index is 12.6. The Morgan fingerprint density at radius 1 is 1.16 bits per heavy atom. The largest absolute Gasteiger partial charge is 0.379 e. The van der Waals surface area contributed by atoms with Crippen molar-refractivity contribution in [3.63, 3.8) is 0 Å². The minimum absolute atomic E-state index is 0.0652. The van der Waals surface area contributed by atoms with Crippen LogP contribution in [0, 0.1) is 5.92 Å². The van der Waals surface area contributed by atoms with Crippen molar-refractivity contribution < 1.29 is 9.53 Å². The number of ether oxygens (including phenoxy) is 1. The lowest BCUT2D eigenvalue weighted by atomic mass is 9.90. The van der Waals surface area contributed by atoms with E-state index in [0.717, 1.165) is 51.1 Å². The van der Waals surface area contributed by atoms with Crippen LogP contribution in [-0.4, -0.2) is 49.7 Å². The van der Waals surface area contributed by atoms with Gasteiger partial charge in [0.25, 0.3) is 5.91 Å². The van der Waals surface area contributed by atoms with E-state index in [1.54, 1.807) is 0 Å². The number of fused-ring (bicyclic) bond motifs is 1. The number of rotatable bonds is 6. The molecule has 0 radical (unpaired) electrons. The third kappa shape index (κ3) is 5.05. The molecule has 1 saturated heterocycles. The number of nitrogens with zero attached hydrogens (tertiary/aromatic N) is 1. The van der Waals surface area contributed by atoms with E-state index in [-0.39, 0.29) is 5.91 Å². The summed E-state index contributed by atoms with van der Waals surface area (Å²) in [5.41, 5.74) is 3.60. The smallest absolute Gasteiger partial charge is 0.251 e. The summed E-state index contributed by atoms with van der Waals surface area (Å²) in [4.78, 5) is 15.1. The fraction of sp³-hybridized carbons (Fsp3) is 0.667. The van der Waals surface area contributed by atoms with Gasteiger partial charge in [-0.05, 0) is 61.3 Å². The summed E-state index contributed by atoms with van der Waals surface area (Å²) in [7, 11) is 0. The fourth-order valence-corrected chi connectivity index (χ4v) is 4.04. The number of benzene rings is 1. The molecule has 1 N–H and O–H groups in total. The lowest BCUT2D eigenvalue weighted by Crippen LogP contribution is -2.49. The average Bonchev–Trinajstić information content (AvgIpc) is 2.65. The summed E-state index contributed by atoms with van der Waals surface area (Å²) in [6.07, 6.45) is 5.88. The summed E-state index contributed by atoms with van der Waals surface area (Å²) < 4.78 is 5.47. The maximum Gasteiger partial charge on any atom is 0.251 e. The third-order valence-electron chi connectivity index (χ3n) is 5.41. The van der Waals surface area contributed by atoms with Gasteiger partial charge in [-0.2, -0.15) is 0 Å². The molecule has 1 aliphatic carbocycles. The zero-order valence-corrected chi connectivity index (χ0v) is 15.7. The summed E-state index contributed by atoms with van der Waals surface area (Å²) >= 11 is 0. The van der Waals surface area contributed by atoms with Crippen LogP contribution in [0.3, 0.4) is 0 Å². The van der Waals surface area contributed by atoms with Crippen molar-refractivity contribution in [2.75, 3.05) is 32.8 Å². The lowest BCUT2D eigenvalue weighted by Gasteiger charge is -2.35. The Bertz CT molecular complexity index is 579. The first-order valence-electron chi connectivity index (χ1n) is 9.85. The topological polar surface area (TPSA) is 41.6 Å². The van der Waals surface area contributed by atoms with Crippen LogP contribution in [0.1, 0.15) is 54.6 Å². The Hall–Kier alpha value is -1.39. The molecule has 25 heavy (non-hydrogen) atoms. The third-order valence-corrected chi connectivity index (χ3v) is 5.41. The van der Waals surface area contributed by atoms with Gasteiger partial charge in [-0.25, -0.2) is 0 Å². The van der Waals surface area contributed by atoms with Gasteiger partial charge in [-0.15, -0.1) is 0 Å². The van der Waals surface area contributed by atoms with Gasteiger partial charge in [0.2, 0.25) is 0 Å². The van der Waals surface area contributed by atoms with Gasteiger partial charge in [-0.3, -0.25) is 9.69 Å². The molecule has 1 unspecified atom stereocenters. The molecule has 138 valence electrons. The maximum absolute atomic E-state index is 12.6. The minimum Gasteiger partial charge on any atom is -0.379 e. The summed E-state index contributed by atoms with van der Waals surface area (Å²) in [5, 5.41) is 3.19. The van der Waals surface area contributed by atoms with Gasteiger partial charge in [0.15, 0.2) is 0 Å². The van der Waals surface area contributed by atoms with Crippen LogP contribution < -0.4 is 5.32 Å². The van der Waals surface area contributed by atoms with Gasteiger partial charge in [0.05, 0.1) is 13.2 Å². The minimum atomic E-state index is 0.0652. The van der Waals surface area contributed by atoms with Crippen LogP contribution in [0.2, 0.25) is 0 Å².